The Morgan fingerprint density at radius 1 is 1.33 bits per heavy atom. The number of nitrogens with one attached hydrogen (secondary N) is 1. The summed E-state index contributed by atoms with van der Waals surface area (Å²) in [5, 5.41) is 3.07. The third-order valence-electron chi connectivity index (χ3n) is 6.97. The van der Waals surface area contributed by atoms with Crippen LogP contribution in [0, 0.1) is 25.7 Å². The summed E-state index contributed by atoms with van der Waals surface area (Å²) >= 11 is 0. The molecule has 156 valence electrons. The monoisotopic (exact) mass is 407 g/mol. The number of carbonyl (C=O) groups excluding carboxylic acids is 2. The fourth-order valence-electron chi connectivity index (χ4n) is 5.28. The summed E-state index contributed by atoms with van der Waals surface area (Å²) in [6.07, 6.45) is 6.67. The van der Waals surface area contributed by atoms with Crippen LogP contribution in [0.1, 0.15) is 44.9 Å². The van der Waals surface area contributed by atoms with Crippen molar-refractivity contribution in [3.8, 4) is 0 Å². The summed E-state index contributed by atoms with van der Waals surface area (Å²) in [5.74, 6) is 0.220. The number of carbonyl (C=O) groups is 2. The van der Waals surface area contributed by atoms with E-state index in [1.54, 1.807) is 18.5 Å². The van der Waals surface area contributed by atoms with Gasteiger partial charge in [0.15, 0.2) is 0 Å². The van der Waals surface area contributed by atoms with E-state index < -0.39 is 0 Å². The van der Waals surface area contributed by atoms with Crippen molar-refractivity contribution in [2.45, 2.75) is 38.4 Å². The number of amides is 2. The number of fused-ring (bicyclic) bond motifs is 1. The van der Waals surface area contributed by atoms with Crippen molar-refractivity contribution in [3.63, 3.8) is 0 Å². The van der Waals surface area contributed by atoms with E-state index in [9.17, 15) is 9.59 Å². The molecule has 3 aliphatic rings. The van der Waals surface area contributed by atoms with Crippen molar-refractivity contribution < 1.29 is 14.3 Å². The molecule has 5 heterocycles. The smallest absolute Gasteiger partial charge is 0.272 e. The van der Waals surface area contributed by atoms with Crippen LogP contribution >= 0.6 is 0 Å². The second-order valence-corrected chi connectivity index (χ2v) is 8.65. The van der Waals surface area contributed by atoms with Crippen LogP contribution in [0.25, 0.3) is 0 Å². The van der Waals surface area contributed by atoms with E-state index in [4.69, 9.17) is 4.74 Å². The molecule has 8 heteroatoms. The Kier molecular flexibility index (Phi) is 4.54. The number of pyridine rings is 1. The molecule has 4 atom stereocenters. The van der Waals surface area contributed by atoms with Gasteiger partial charge in [-0.15, -0.1) is 0 Å². The van der Waals surface area contributed by atoms with Crippen molar-refractivity contribution in [2.75, 3.05) is 19.6 Å². The standard InChI is InChI=1S/C22H25N5O3/c1-13-7-15(8-24-14(13)2)20(28)25-9-16-17-10-27(11-22(17)5-3-19(16)30-22)21(29)18-4-6-23-12-26-18/h4,6-8,12,16-17,19H,3,5,9-11H2,1-2H3,(H,25,28)/t16-,17+,19+,22+/m0/s1. The Bertz CT molecular complexity index is 998. The van der Waals surface area contributed by atoms with Gasteiger partial charge in [0.05, 0.1) is 23.8 Å². The summed E-state index contributed by atoms with van der Waals surface area (Å²) < 4.78 is 6.40. The number of hydrogen-bond acceptors (Lipinski definition) is 6. The van der Waals surface area contributed by atoms with E-state index in [0.717, 1.165) is 24.1 Å². The molecule has 0 unspecified atom stereocenters. The van der Waals surface area contributed by atoms with Crippen LogP contribution in [-0.4, -0.2) is 63.0 Å². The zero-order valence-corrected chi connectivity index (χ0v) is 17.2. The lowest BCUT2D eigenvalue weighted by Gasteiger charge is -2.29. The Balaban J connectivity index is 1.28. The molecule has 2 aromatic heterocycles. The quantitative estimate of drug-likeness (QED) is 0.826. The van der Waals surface area contributed by atoms with Crippen molar-refractivity contribution in [2.24, 2.45) is 11.8 Å². The first-order valence-corrected chi connectivity index (χ1v) is 10.4. The Morgan fingerprint density at radius 2 is 2.20 bits per heavy atom. The SMILES string of the molecule is Cc1cc(C(=O)NC[C@H]2[C@H]3CN(C(=O)c4ccncn4)C[C@]34CC[C@H]2O4)cnc1C. The lowest BCUT2D eigenvalue weighted by molar-refractivity contribution is 0.00311. The number of ether oxygens (including phenoxy) is 1. The fourth-order valence-corrected chi connectivity index (χ4v) is 5.28. The van der Waals surface area contributed by atoms with Gasteiger partial charge in [0, 0.05) is 43.0 Å². The van der Waals surface area contributed by atoms with Crippen LogP contribution in [-0.2, 0) is 4.74 Å². The molecule has 1 N–H and O–H groups in total. The minimum Gasteiger partial charge on any atom is -0.369 e. The normalized spacial score (nSPS) is 29.1. The van der Waals surface area contributed by atoms with Gasteiger partial charge < -0.3 is 15.0 Å². The third-order valence-corrected chi connectivity index (χ3v) is 6.97. The maximum absolute atomic E-state index is 12.9. The molecule has 8 nitrogen and oxygen atoms in total. The number of aryl methyl sites for hydroxylation is 2. The number of aromatic nitrogens is 3. The summed E-state index contributed by atoms with van der Waals surface area (Å²) in [6.45, 7) is 5.64. The lowest BCUT2D eigenvalue weighted by atomic mass is 9.73. The molecule has 1 spiro atoms. The molecule has 0 radical (unpaired) electrons. The van der Waals surface area contributed by atoms with Crippen LogP contribution in [0.4, 0.5) is 0 Å². The maximum atomic E-state index is 12.9. The average molecular weight is 407 g/mol. The molecule has 3 saturated heterocycles. The average Bonchev–Trinajstić information content (AvgIpc) is 3.42. The molecule has 5 rings (SSSR count). The molecular formula is C22H25N5O3. The second kappa shape index (κ2) is 7.12. The molecule has 30 heavy (non-hydrogen) atoms. The first kappa shape index (κ1) is 19.1. The van der Waals surface area contributed by atoms with Gasteiger partial charge in [-0.1, -0.05) is 0 Å². The maximum Gasteiger partial charge on any atom is 0.272 e. The van der Waals surface area contributed by atoms with Gasteiger partial charge in [0.1, 0.15) is 12.0 Å². The zero-order chi connectivity index (χ0) is 20.9. The Labute approximate surface area is 175 Å². The first-order valence-electron chi connectivity index (χ1n) is 10.4. The molecule has 0 aliphatic carbocycles. The van der Waals surface area contributed by atoms with Crippen LogP contribution in [0.3, 0.4) is 0 Å². The van der Waals surface area contributed by atoms with E-state index in [0.29, 0.717) is 30.9 Å². The minimum absolute atomic E-state index is 0.0859. The second-order valence-electron chi connectivity index (χ2n) is 8.65. The summed E-state index contributed by atoms with van der Waals surface area (Å²) in [5.41, 5.74) is 2.62. The van der Waals surface area contributed by atoms with Gasteiger partial charge in [-0.2, -0.15) is 0 Å². The molecule has 3 aliphatic heterocycles. The number of likely N-dealkylation sites (tertiary alicyclic amines) is 1. The van der Waals surface area contributed by atoms with E-state index in [1.165, 1.54) is 6.33 Å². The topological polar surface area (TPSA) is 97.3 Å². The van der Waals surface area contributed by atoms with Crippen molar-refractivity contribution in [3.05, 3.63) is 53.4 Å². The van der Waals surface area contributed by atoms with Crippen LogP contribution in [0.2, 0.25) is 0 Å². The molecule has 2 bridgehead atoms. The third kappa shape index (κ3) is 3.06. The molecule has 0 saturated carbocycles. The highest BCUT2D eigenvalue weighted by Crippen LogP contribution is 2.54. The van der Waals surface area contributed by atoms with Crippen LogP contribution in [0.5, 0.6) is 0 Å². The zero-order valence-electron chi connectivity index (χ0n) is 17.2. The van der Waals surface area contributed by atoms with Crippen molar-refractivity contribution in [1.29, 1.82) is 0 Å². The van der Waals surface area contributed by atoms with Gasteiger partial charge >= 0.3 is 0 Å². The number of nitrogens with zero attached hydrogens (tertiary/aromatic N) is 4. The van der Waals surface area contributed by atoms with Gasteiger partial charge in [-0.25, -0.2) is 9.97 Å². The van der Waals surface area contributed by atoms with Crippen molar-refractivity contribution >= 4 is 11.8 Å². The molecule has 0 aromatic carbocycles. The Hall–Kier alpha value is -2.87. The molecular weight excluding hydrogens is 382 g/mol. The largest absolute Gasteiger partial charge is 0.369 e. The van der Waals surface area contributed by atoms with Crippen molar-refractivity contribution in [1.82, 2.24) is 25.2 Å². The fraction of sp³-hybridized carbons (Fsp3) is 0.500. The Morgan fingerprint density at radius 3 is 2.97 bits per heavy atom. The van der Waals surface area contributed by atoms with Gasteiger partial charge in [0.2, 0.25) is 0 Å². The van der Waals surface area contributed by atoms with Gasteiger partial charge in [0.25, 0.3) is 11.8 Å². The van der Waals surface area contributed by atoms with E-state index in [2.05, 4.69) is 20.3 Å². The molecule has 2 amide bonds. The minimum atomic E-state index is -0.287. The van der Waals surface area contributed by atoms with E-state index >= 15 is 0 Å². The van der Waals surface area contributed by atoms with Gasteiger partial charge in [-0.3, -0.25) is 14.6 Å². The predicted octanol–water partition coefficient (Wildman–Crippen LogP) is 1.54. The summed E-state index contributed by atoms with van der Waals surface area (Å²) in [6, 6.07) is 3.51. The highest BCUT2D eigenvalue weighted by molar-refractivity contribution is 5.94. The highest BCUT2D eigenvalue weighted by atomic mass is 16.5. The van der Waals surface area contributed by atoms with E-state index in [-0.39, 0.29) is 35.4 Å². The first-order chi connectivity index (χ1) is 14.5. The van der Waals surface area contributed by atoms with Crippen LogP contribution in [0.15, 0.2) is 30.9 Å². The molecule has 3 fully saturated rings. The summed E-state index contributed by atoms with van der Waals surface area (Å²) in [7, 11) is 0. The van der Waals surface area contributed by atoms with Gasteiger partial charge in [-0.05, 0) is 44.4 Å². The molecule has 2 aromatic rings. The predicted molar refractivity (Wildman–Crippen MR) is 108 cm³/mol. The number of hydrogen-bond donors (Lipinski definition) is 1. The lowest BCUT2D eigenvalue weighted by Crippen LogP contribution is -2.41. The number of rotatable bonds is 4. The van der Waals surface area contributed by atoms with E-state index in [1.807, 2.05) is 24.8 Å². The van der Waals surface area contributed by atoms with Crippen LogP contribution < -0.4 is 5.32 Å². The summed E-state index contributed by atoms with van der Waals surface area (Å²) in [4.78, 5) is 39.6. The highest BCUT2D eigenvalue weighted by Gasteiger charge is 2.63.